The van der Waals surface area contributed by atoms with Crippen molar-refractivity contribution in [2.24, 2.45) is 0 Å². The van der Waals surface area contributed by atoms with Crippen LogP contribution in [0.5, 0.6) is 0 Å². The van der Waals surface area contributed by atoms with Crippen LogP contribution >= 0.6 is 0 Å². The Balaban J connectivity index is 0.000000360. The summed E-state index contributed by atoms with van der Waals surface area (Å²) in [5, 5.41) is 14.2. The molecule has 0 spiro atoms. The molecule has 0 aliphatic heterocycles. The molecule has 0 saturated heterocycles. The molecule has 8 heteroatoms. The van der Waals surface area contributed by atoms with Gasteiger partial charge >= 0.3 is 11.9 Å². The van der Waals surface area contributed by atoms with Crippen molar-refractivity contribution < 1.29 is 24.0 Å². The fraction of sp³-hybridized carbons (Fsp3) is 0.188. The molecule has 0 bridgehead atoms. The summed E-state index contributed by atoms with van der Waals surface area (Å²) in [6, 6.07) is 23.7. The number of carbonyl (C=O) groups is 2. The average molecular weight is 543 g/mol. The van der Waals surface area contributed by atoms with Gasteiger partial charge in [-0.3, -0.25) is 10.1 Å². The van der Waals surface area contributed by atoms with E-state index in [1.165, 1.54) is 19.2 Å². The van der Waals surface area contributed by atoms with Crippen LogP contribution in [0.3, 0.4) is 0 Å². The predicted octanol–water partition coefficient (Wildman–Crippen LogP) is 6.37. The Kier molecular flexibility index (Phi) is 12.6. The zero-order chi connectivity index (χ0) is 29.5. The molecule has 8 nitrogen and oxygen atoms in total. The number of nitrogens with one attached hydrogen (secondary N) is 1. The summed E-state index contributed by atoms with van der Waals surface area (Å²) in [5.74, 6) is -0.783. The third kappa shape index (κ3) is 10.4. The van der Waals surface area contributed by atoms with Crippen molar-refractivity contribution in [1.29, 1.82) is 0 Å². The van der Waals surface area contributed by atoms with Gasteiger partial charge in [0, 0.05) is 29.9 Å². The smallest absolute Gasteiger partial charge is 0.337 e. The maximum atomic E-state index is 11.4. The van der Waals surface area contributed by atoms with E-state index < -0.39 is 10.9 Å². The van der Waals surface area contributed by atoms with E-state index in [0.29, 0.717) is 24.1 Å². The Hall–Kier alpha value is -4.98. The second kappa shape index (κ2) is 16.1. The number of nitrogens with zero attached hydrogens (tertiary/aromatic N) is 1. The molecular formula is C32H34N2O6. The molecule has 0 amide bonds. The minimum Gasteiger partial charge on any atom is -0.465 e. The topological polar surface area (TPSA) is 108 Å². The number of ether oxygens (including phenoxy) is 2. The number of esters is 2. The Morgan fingerprint density at radius 1 is 0.925 bits per heavy atom. The van der Waals surface area contributed by atoms with E-state index in [4.69, 9.17) is 4.74 Å². The van der Waals surface area contributed by atoms with Crippen LogP contribution in [-0.2, 0) is 19.1 Å². The molecule has 0 atom stereocenters. The number of rotatable bonds is 11. The lowest BCUT2D eigenvalue weighted by molar-refractivity contribution is -0.384. The van der Waals surface area contributed by atoms with Gasteiger partial charge in [0.15, 0.2) is 0 Å². The summed E-state index contributed by atoms with van der Waals surface area (Å²) in [4.78, 5) is 32.9. The second-order valence-electron chi connectivity index (χ2n) is 8.81. The molecule has 0 aliphatic rings. The second-order valence-corrected chi connectivity index (χ2v) is 8.81. The van der Waals surface area contributed by atoms with Crippen LogP contribution in [0.15, 0.2) is 97.6 Å². The fourth-order valence-corrected chi connectivity index (χ4v) is 3.29. The van der Waals surface area contributed by atoms with Crippen LogP contribution in [0.1, 0.15) is 35.6 Å². The highest BCUT2D eigenvalue weighted by Crippen LogP contribution is 2.20. The van der Waals surface area contributed by atoms with E-state index in [9.17, 15) is 19.7 Å². The Morgan fingerprint density at radius 3 is 2.08 bits per heavy atom. The van der Waals surface area contributed by atoms with Crippen LogP contribution in [0.2, 0.25) is 0 Å². The van der Waals surface area contributed by atoms with Crippen molar-refractivity contribution >= 4 is 35.0 Å². The molecular weight excluding hydrogens is 508 g/mol. The molecule has 208 valence electrons. The van der Waals surface area contributed by atoms with Crippen molar-refractivity contribution in [3.8, 4) is 0 Å². The number of methoxy groups -OCH3 is 1. The summed E-state index contributed by atoms with van der Waals surface area (Å²) in [5.41, 5.74) is 5.45. The van der Waals surface area contributed by atoms with E-state index >= 15 is 0 Å². The number of carbonyl (C=O) groups excluding carboxylic acids is 2. The van der Waals surface area contributed by atoms with E-state index in [1.54, 1.807) is 19.1 Å². The molecule has 0 fully saturated rings. The van der Waals surface area contributed by atoms with Gasteiger partial charge in [-0.05, 0) is 55.2 Å². The van der Waals surface area contributed by atoms with Gasteiger partial charge < -0.3 is 14.8 Å². The van der Waals surface area contributed by atoms with Crippen LogP contribution in [0.25, 0.3) is 17.3 Å². The predicted molar refractivity (Wildman–Crippen MR) is 158 cm³/mol. The van der Waals surface area contributed by atoms with Gasteiger partial charge in [-0.1, -0.05) is 73.3 Å². The number of nitro benzene ring substituents is 1. The molecule has 3 aromatic carbocycles. The third-order valence-corrected chi connectivity index (χ3v) is 5.55. The molecule has 0 radical (unpaired) electrons. The molecule has 40 heavy (non-hydrogen) atoms. The lowest BCUT2D eigenvalue weighted by Crippen LogP contribution is -2.17. The highest BCUT2D eigenvalue weighted by atomic mass is 16.6. The van der Waals surface area contributed by atoms with Crippen molar-refractivity contribution in [3.63, 3.8) is 0 Å². The molecule has 0 aliphatic carbocycles. The highest BCUT2D eigenvalue weighted by molar-refractivity contribution is 6.15. The van der Waals surface area contributed by atoms with Gasteiger partial charge in [0.05, 0.1) is 24.2 Å². The highest BCUT2D eigenvalue weighted by Gasteiger charge is 2.09. The Morgan fingerprint density at radius 2 is 1.52 bits per heavy atom. The van der Waals surface area contributed by atoms with E-state index in [2.05, 4.69) is 23.2 Å². The molecule has 0 unspecified atom stereocenters. The summed E-state index contributed by atoms with van der Waals surface area (Å²) in [6.07, 6.45) is 2.60. The summed E-state index contributed by atoms with van der Waals surface area (Å²) in [7, 11) is 1.35. The van der Waals surface area contributed by atoms with Crippen LogP contribution < -0.4 is 5.32 Å². The fourth-order valence-electron chi connectivity index (χ4n) is 3.29. The number of hydrogen-bond donors (Lipinski definition) is 1. The Bertz CT molecular complexity index is 1340. The van der Waals surface area contributed by atoms with Gasteiger partial charge in [0.1, 0.15) is 0 Å². The minimum absolute atomic E-state index is 0.0459. The lowest BCUT2D eigenvalue weighted by Gasteiger charge is -2.12. The number of aryl methyl sites for hydroxylation is 1. The van der Waals surface area contributed by atoms with Gasteiger partial charge in [-0.15, -0.1) is 0 Å². The van der Waals surface area contributed by atoms with E-state index in [-0.39, 0.29) is 18.3 Å². The van der Waals surface area contributed by atoms with Gasteiger partial charge in [-0.25, -0.2) is 9.59 Å². The van der Waals surface area contributed by atoms with Crippen molar-refractivity contribution in [1.82, 2.24) is 5.32 Å². The first-order valence-corrected chi connectivity index (χ1v) is 12.5. The third-order valence-electron chi connectivity index (χ3n) is 5.55. The number of nitro groups is 1. The lowest BCUT2D eigenvalue weighted by atomic mass is 10.1. The van der Waals surface area contributed by atoms with E-state index in [1.807, 2.05) is 67.6 Å². The maximum Gasteiger partial charge on any atom is 0.337 e. The van der Waals surface area contributed by atoms with Crippen molar-refractivity contribution in [2.75, 3.05) is 20.3 Å². The quantitative estimate of drug-likeness (QED) is 0.0749. The zero-order valence-corrected chi connectivity index (χ0v) is 23.0. The summed E-state index contributed by atoms with van der Waals surface area (Å²) >= 11 is 0. The van der Waals surface area contributed by atoms with Crippen LogP contribution in [0, 0.1) is 17.0 Å². The van der Waals surface area contributed by atoms with Gasteiger partial charge in [0.25, 0.3) is 5.69 Å². The molecule has 3 rings (SSSR count). The normalized spacial score (nSPS) is 10.4. The molecule has 3 aromatic rings. The van der Waals surface area contributed by atoms with Crippen molar-refractivity contribution in [2.45, 2.75) is 20.3 Å². The number of non-ortho nitro benzene ring substituents is 1. The van der Waals surface area contributed by atoms with Crippen molar-refractivity contribution in [3.05, 3.63) is 130 Å². The van der Waals surface area contributed by atoms with E-state index in [0.717, 1.165) is 28.0 Å². The largest absolute Gasteiger partial charge is 0.465 e. The number of benzene rings is 3. The first kappa shape index (κ1) is 31.2. The van der Waals surface area contributed by atoms with Crippen LogP contribution in [0.4, 0.5) is 5.69 Å². The molecule has 1 N–H and O–H groups in total. The zero-order valence-electron chi connectivity index (χ0n) is 23.0. The Labute approximate surface area is 234 Å². The molecule has 0 heterocycles. The first-order chi connectivity index (χ1) is 19.1. The van der Waals surface area contributed by atoms with Crippen LogP contribution in [-0.4, -0.2) is 37.1 Å². The number of hydrogen-bond acceptors (Lipinski definition) is 7. The SMILES string of the molecule is C=C(C(=O)OC)c1ccc(C)cc1.C=C(C)C(=O)OCCCNC(=Cc1ccccc1)c1ccc([N+](=O)[O-])cc1. The maximum absolute atomic E-state index is 11.4. The minimum atomic E-state index is -0.423. The standard InChI is InChI=1S/C21H22N2O4.C11H12O2/c1-16(2)21(24)27-14-6-13-22-20(15-17-7-4-3-5-8-17)18-9-11-19(12-10-18)23(25)26;1-8-4-6-10(7-5-8)9(2)11(12)13-3/h3-5,7-12,15,22H,1,6,13-14H2,2H3;4-7H,2H2,1,3H3. The van der Waals surface area contributed by atoms with Gasteiger partial charge in [0.2, 0.25) is 0 Å². The average Bonchev–Trinajstić information content (AvgIpc) is 2.96. The van der Waals surface area contributed by atoms with Gasteiger partial charge in [-0.2, -0.15) is 0 Å². The monoisotopic (exact) mass is 542 g/mol. The first-order valence-electron chi connectivity index (χ1n) is 12.5. The molecule has 0 saturated carbocycles. The summed E-state index contributed by atoms with van der Waals surface area (Å²) in [6.45, 7) is 11.7. The molecule has 0 aromatic heterocycles. The summed E-state index contributed by atoms with van der Waals surface area (Å²) < 4.78 is 9.64.